The maximum absolute atomic E-state index is 12.1. The molecule has 2 atom stereocenters. The first-order valence-corrected chi connectivity index (χ1v) is 7.13. The molecule has 0 aliphatic carbocycles. The van der Waals surface area contributed by atoms with Crippen LogP contribution in [0.25, 0.3) is 0 Å². The van der Waals surface area contributed by atoms with E-state index in [1.807, 2.05) is 25.7 Å². The topological polar surface area (TPSA) is 42.0 Å². The van der Waals surface area contributed by atoms with Gasteiger partial charge in [-0.2, -0.15) is 0 Å². The number of piperazine rings is 1. The van der Waals surface area contributed by atoms with Gasteiger partial charge < -0.3 is 14.4 Å². The summed E-state index contributed by atoms with van der Waals surface area (Å²) in [4.78, 5) is 16.5. The van der Waals surface area contributed by atoms with Gasteiger partial charge in [0.25, 0.3) is 0 Å². The Balaban J connectivity index is 1.91. The maximum atomic E-state index is 12.1. The minimum Gasteiger partial charge on any atom is -0.444 e. The zero-order valence-electron chi connectivity index (χ0n) is 12.5. The van der Waals surface area contributed by atoms with Crippen LogP contribution in [0.5, 0.6) is 0 Å². The van der Waals surface area contributed by atoms with Crippen molar-refractivity contribution in [3.63, 3.8) is 0 Å². The summed E-state index contributed by atoms with van der Waals surface area (Å²) in [6, 6.07) is 0.947. The molecule has 110 valence electrons. The summed E-state index contributed by atoms with van der Waals surface area (Å²) in [6.07, 6.45) is 2.18. The van der Waals surface area contributed by atoms with Gasteiger partial charge in [-0.1, -0.05) is 0 Å². The van der Waals surface area contributed by atoms with E-state index in [9.17, 15) is 4.79 Å². The van der Waals surface area contributed by atoms with E-state index < -0.39 is 5.60 Å². The van der Waals surface area contributed by atoms with Crippen molar-refractivity contribution < 1.29 is 14.3 Å². The van der Waals surface area contributed by atoms with Crippen molar-refractivity contribution in [2.24, 2.45) is 0 Å². The molecule has 0 radical (unpaired) electrons. The van der Waals surface area contributed by atoms with Gasteiger partial charge in [0.1, 0.15) is 5.60 Å². The van der Waals surface area contributed by atoms with E-state index >= 15 is 0 Å². The van der Waals surface area contributed by atoms with Gasteiger partial charge in [0.05, 0.1) is 6.61 Å². The highest BCUT2D eigenvalue weighted by molar-refractivity contribution is 5.68. The number of nitrogens with zero attached hydrogens (tertiary/aromatic N) is 2. The molecule has 2 heterocycles. The lowest BCUT2D eigenvalue weighted by atomic mass is 10.2. The van der Waals surface area contributed by atoms with Crippen molar-refractivity contribution in [3.05, 3.63) is 0 Å². The van der Waals surface area contributed by atoms with Gasteiger partial charge >= 0.3 is 6.09 Å². The van der Waals surface area contributed by atoms with E-state index in [2.05, 4.69) is 4.90 Å². The van der Waals surface area contributed by atoms with E-state index in [4.69, 9.17) is 9.47 Å². The van der Waals surface area contributed by atoms with Gasteiger partial charge in [0.15, 0.2) is 0 Å². The summed E-state index contributed by atoms with van der Waals surface area (Å²) < 4.78 is 10.6. The molecule has 0 N–H and O–H groups in total. The van der Waals surface area contributed by atoms with Crippen LogP contribution in [0.15, 0.2) is 0 Å². The van der Waals surface area contributed by atoms with Crippen molar-refractivity contribution in [2.75, 3.05) is 33.4 Å². The average molecular weight is 270 g/mol. The zero-order valence-corrected chi connectivity index (χ0v) is 12.5. The number of hydrogen-bond acceptors (Lipinski definition) is 4. The highest BCUT2D eigenvalue weighted by Crippen LogP contribution is 2.30. The molecule has 0 saturated carbocycles. The van der Waals surface area contributed by atoms with Gasteiger partial charge in [0, 0.05) is 38.8 Å². The molecule has 5 heteroatoms. The first kappa shape index (κ1) is 14.6. The molecule has 1 amide bonds. The van der Waals surface area contributed by atoms with Crippen molar-refractivity contribution in [2.45, 2.75) is 51.3 Å². The maximum Gasteiger partial charge on any atom is 0.410 e. The van der Waals surface area contributed by atoms with Gasteiger partial charge in [-0.15, -0.1) is 0 Å². The Morgan fingerprint density at radius 3 is 2.26 bits per heavy atom. The number of carbonyl (C=O) groups excluding carboxylic acids is 1. The number of likely N-dealkylation sites (tertiary alicyclic amines) is 1. The molecule has 2 rings (SSSR count). The SMILES string of the molecule is COCCN1C2CCC1CN(C(=O)OC(C)(C)C)C2. The van der Waals surface area contributed by atoms with Gasteiger partial charge in [-0.05, 0) is 33.6 Å². The standard InChI is InChI=1S/C14H26N2O3/c1-14(2,3)19-13(17)15-9-11-5-6-12(10-15)16(11)7-8-18-4/h11-12H,5-10H2,1-4H3. The molecule has 2 saturated heterocycles. The smallest absolute Gasteiger partial charge is 0.410 e. The van der Waals surface area contributed by atoms with Gasteiger partial charge in [-0.3, -0.25) is 4.90 Å². The fourth-order valence-electron chi connectivity index (χ4n) is 3.03. The monoisotopic (exact) mass is 270 g/mol. The Kier molecular flexibility index (Phi) is 4.36. The van der Waals surface area contributed by atoms with E-state index in [1.165, 1.54) is 12.8 Å². The molecule has 2 aliphatic rings. The molecular weight excluding hydrogens is 244 g/mol. The van der Waals surface area contributed by atoms with Crippen LogP contribution < -0.4 is 0 Å². The van der Waals surface area contributed by atoms with E-state index in [-0.39, 0.29) is 6.09 Å². The van der Waals surface area contributed by atoms with Crippen LogP contribution >= 0.6 is 0 Å². The van der Waals surface area contributed by atoms with Crippen LogP contribution in [0.3, 0.4) is 0 Å². The minimum absolute atomic E-state index is 0.171. The number of methoxy groups -OCH3 is 1. The number of carbonyl (C=O) groups is 1. The molecule has 2 fully saturated rings. The average Bonchev–Trinajstić information content (AvgIpc) is 2.55. The molecule has 0 aromatic rings. The Morgan fingerprint density at radius 1 is 1.21 bits per heavy atom. The number of amides is 1. The van der Waals surface area contributed by atoms with Crippen LogP contribution in [-0.4, -0.2) is 66.9 Å². The number of ether oxygens (including phenoxy) is 2. The minimum atomic E-state index is -0.413. The molecular formula is C14H26N2O3. The third kappa shape index (κ3) is 3.60. The summed E-state index contributed by atoms with van der Waals surface area (Å²) in [6.45, 7) is 9.04. The van der Waals surface area contributed by atoms with Crippen LogP contribution in [0.2, 0.25) is 0 Å². The lowest BCUT2D eigenvalue weighted by Gasteiger charge is -2.41. The van der Waals surface area contributed by atoms with Crippen molar-refractivity contribution in [3.8, 4) is 0 Å². The molecule has 2 aliphatic heterocycles. The van der Waals surface area contributed by atoms with Crippen molar-refractivity contribution >= 4 is 6.09 Å². The predicted molar refractivity (Wildman–Crippen MR) is 73.2 cm³/mol. The quantitative estimate of drug-likeness (QED) is 0.783. The zero-order chi connectivity index (χ0) is 14.0. The third-order valence-electron chi connectivity index (χ3n) is 3.84. The highest BCUT2D eigenvalue weighted by atomic mass is 16.6. The number of fused-ring (bicyclic) bond motifs is 2. The summed E-state index contributed by atoms with van der Waals surface area (Å²) in [5.74, 6) is 0. The van der Waals surface area contributed by atoms with Crippen molar-refractivity contribution in [1.29, 1.82) is 0 Å². The Bertz CT molecular complexity index is 313. The normalized spacial score (nSPS) is 27.7. The number of rotatable bonds is 3. The first-order valence-electron chi connectivity index (χ1n) is 7.13. The molecule has 19 heavy (non-hydrogen) atoms. The largest absolute Gasteiger partial charge is 0.444 e. The van der Waals surface area contributed by atoms with Crippen LogP contribution in [0, 0.1) is 0 Å². The summed E-state index contributed by atoms with van der Waals surface area (Å²) in [5.41, 5.74) is -0.413. The van der Waals surface area contributed by atoms with Gasteiger partial charge in [0.2, 0.25) is 0 Å². The molecule has 0 spiro atoms. The molecule has 2 bridgehead atoms. The molecule has 5 nitrogen and oxygen atoms in total. The van der Waals surface area contributed by atoms with Crippen LogP contribution in [-0.2, 0) is 9.47 Å². The van der Waals surface area contributed by atoms with E-state index in [1.54, 1.807) is 7.11 Å². The van der Waals surface area contributed by atoms with Gasteiger partial charge in [-0.25, -0.2) is 4.79 Å². The lowest BCUT2D eigenvalue weighted by molar-refractivity contribution is -0.00252. The molecule has 0 aromatic carbocycles. The predicted octanol–water partition coefficient (Wildman–Crippen LogP) is 1.72. The van der Waals surface area contributed by atoms with Crippen LogP contribution in [0.4, 0.5) is 4.79 Å². The Morgan fingerprint density at radius 2 is 1.79 bits per heavy atom. The third-order valence-corrected chi connectivity index (χ3v) is 3.84. The Labute approximate surface area is 115 Å². The molecule has 0 aromatic heterocycles. The van der Waals surface area contributed by atoms with Crippen molar-refractivity contribution in [1.82, 2.24) is 9.80 Å². The lowest BCUT2D eigenvalue weighted by Crippen LogP contribution is -2.56. The van der Waals surface area contributed by atoms with E-state index in [0.717, 1.165) is 26.2 Å². The Hall–Kier alpha value is -0.810. The second-order valence-electron chi connectivity index (χ2n) is 6.50. The summed E-state index contributed by atoms with van der Waals surface area (Å²) in [7, 11) is 1.73. The summed E-state index contributed by atoms with van der Waals surface area (Å²) >= 11 is 0. The van der Waals surface area contributed by atoms with Crippen LogP contribution in [0.1, 0.15) is 33.6 Å². The second kappa shape index (κ2) is 5.67. The fraction of sp³-hybridized carbons (Fsp3) is 0.929. The van der Waals surface area contributed by atoms with E-state index in [0.29, 0.717) is 12.1 Å². The second-order valence-corrected chi connectivity index (χ2v) is 6.50. The first-order chi connectivity index (χ1) is 8.90. The molecule has 2 unspecified atom stereocenters. The number of hydrogen-bond donors (Lipinski definition) is 0. The highest BCUT2D eigenvalue weighted by Gasteiger charge is 2.41. The fourth-order valence-corrected chi connectivity index (χ4v) is 3.03. The summed E-state index contributed by atoms with van der Waals surface area (Å²) in [5, 5.41) is 0.